The third-order valence-electron chi connectivity index (χ3n) is 5.41. The van der Waals surface area contributed by atoms with Crippen LogP contribution in [0.4, 0.5) is 5.69 Å². The fourth-order valence-electron chi connectivity index (χ4n) is 3.81. The second kappa shape index (κ2) is 8.20. The standard InChI is InChI=1S/C20H24N2O5S/c1-14(2)20(19(23)24,13-28(25)26)18-12-22(10-9-21-18)16-7-5-15(6-8-16)17-4-3-11-27-17/h3-8,11,13-14,18,21H,9-10,12H2,1-2H3,(H,23,24). The molecule has 0 amide bonds. The van der Waals surface area contributed by atoms with Crippen LogP contribution in [0.3, 0.4) is 0 Å². The molecule has 2 heterocycles. The van der Waals surface area contributed by atoms with Gasteiger partial charge in [0.2, 0.25) is 10.3 Å². The normalized spacial score (nSPS) is 19.2. The monoisotopic (exact) mass is 404 g/mol. The Hall–Kier alpha value is -2.58. The van der Waals surface area contributed by atoms with E-state index in [1.165, 1.54) is 0 Å². The number of nitrogens with zero attached hydrogens (tertiary/aromatic N) is 1. The van der Waals surface area contributed by atoms with E-state index in [4.69, 9.17) is 4.42 Å². The number of carboxylic acid groups (broad SMARTS) is 1. The number of aliphatic carboxylic acids is 1. The lowest BCUT2D eigenvalue weighted by molar-refractivity contribution is -0.148. The Morgan fingerprint density at radius 3 is 2.57 bits per heavy atom. The van der Waals surface area contributed by atoms with Crippen LogP contribution in [0.1, 0.15) is 13.8 Å². The molecule has 0 aliphatic carbocycles. The minimum atomic E-state index is -2.58. The summed E-state index contributed by atoms with van der Waals surface area (Å²) in [5.74, 6) is -0.761. The van der Waals surface area contributed by atoms with Crippen molar-refractivity contribution in [3.63, 3.8) is 0 Å². The zero-order chi connectivity index (χ0) is 20.3. The predicted molar refractivity (Wildman–Crippen MR) is 108 cm³/mol. The first-order valence-electron chi connectivity index (χ1n) is 9.14. The lowest BCUT2D eigenvalue weighted by atomic mass is 9.72. The van der Waals surface area contributed by atoms with Gasteiger partial charge in [-0.05, 0) is 42.3 Å². The van der Waals surface area contributed by atoms with Crippen LogP contribution in [0.15, 0.2) is 47.1 Å². The SMILES string of the molecule is CC(C)C(C=S(=O)=O)(C(=O)O)C1CN(c2ccc(-c3ccco3)cc2)CCN1. The maximum absolute atomic E-state index is 12.1. The Balaban J connectivity index is 1.88. The number of hydrogen-bond acceptors (Lipinski definition) is 6. The Morgan fingerprint density at radius 1 is 1.32 bits per heavy atom. The van der Waals surface area contributed by atoms with Gasteiger partial charge >= 0.3 is 5.97 Å². The van der Waals surface area contributed by atoms with Crippen molar-refractivity contribution < 1.29 is 22.7 Å². The van der Waals surface area contributed by atoms with E-state index in [9.17, 15) is 18.3 Å². The second-order valence-electron chi connectivity index (χ2n) is 7.25. The van der Waals surface area contributed by atoms with Gasteiger partial charge in [0.1, 0.15) is 11.2 Å². The second-order valence-corrected chi connectivity index (χ2v) is 8.00. The molecule has 28 heavy (non-hydrogen) atoms. The van der Waals surface area contributed by atoms with Crippen molar-refractivity contribution in [1.29, 1.82) is 0 Å². The number of piperazine rings is 1. The average Bonchev–Trinajstić information content (AvgIpc) is 3.20. The fourth-order valence-corrected chi connectivity index (χ4v) is 4.67. The highest BCUT2D eigenvalue weighted by molar-refractivity contribution is 7.71. The zero-order valence-electron chi connectivity index (χ0n) is 15.8. The highest BCUT2D eigenvalue weighted by Crippen LogP contribution is 2.33. The Morgan fingerprint density at radius 2 is 2.04 bits per heavy atom. The molecule has 0 spiro atoms. The summed E-state index contributed by atoms with van der Waals surface area (Å²) in [7, 11) is -2.58. The van der Waals surface area contributed by atoms with Gasteiger partial charge in [-0.15, -0.1) is 0 Å². The lowest BCUT2D eigenvalue weighted by Gasteiger charge is -2.44. The molecule has 7 nitrogen and oxygen atoms in total. The van der Waals surface area contributed by atoms with E-state index in [1.54, 1.807) is 20.1 Å². The average molecular weight is 404 g/mol. The van der Waals surface area contributed by atoms with Crippen molar-refractivity contribution >= 4 is 27.3 Å². The molecule has 1 aliphatic rings. The number of benzene rings is 1. The molecule has 0 bridgehead atoms. The maximum atomic E-state index is 12.1. The summed E-state index contributed by atoms with van der Waals surface area (Å²) in [5.41, 5.74) is 0.394. The molecule has 3 rings (SSSR count). The Kier molecular flexibility index (Phi) is 5.90. The minimum absolute atomic E-state index is 0.387. The number of carbonyl (C=O) groups is 1. The molecule has 0 radical (unpaired) electrons. The molecule has 0 saturated carbocycles. The summed E-state index contributed by atoms with van der Waals surface area (Å²) < 4.78 is 28.2. The van der Waals surface area contributed by atoms with Gasteiger partial charge in [-0.3, -0.25) is 4.79 Å². The summed E-state index contributed by atoms with van der Waals surface area (Å²) in [4.78, 5) is 14.2. The number of furan rings is 1. The molecule has 1 aromatic carbocycles. The van der Waals surface area contributed by atoms with Crippen LogP contribution < -0.4 is 10.2 Å². The van der Waals surface area contributed by atoms with Crippen molar-refractivity contribution in [3.05, 3.63) is 42.7 Å². The molecule has 2 unspecified atom stereocenters. The number of nitrogens with one attached hydrogen (secondary N) is 1. The van der Waals surface area contributed by atoms with Gasteiger partial charge in [-0.2, -0.15) is 8.42 Å². The first-order chi connectivity index (χ1) is 13.3. The summed E-state index contributed by atoms with van der Waals surface area (Å²) in [6, 6.07) is 11.0. The molecule has 1 saturated heterocycles. The van der Waals surface area contributed by atoms with Gasteiger partial charge in [-0.1, -0.05) is 13.8 Å². The van der Waals surface area contributed by atoms with Crippen molar-refractivity contribution in [3.8, 4) is 11.3 Å². The van der Waals surface area contributed by atoms with E-state index in [-0.39, 0.29) is 0 Å². The summed E-state index contributed by atoms with van der Waals surface area (Å²) >= 11 is 0. The van der Waals surface area contributed by atoms with Gasteiger partial charge in [0.15, 0.2) is 0 Å². The van der Waals surface area contributed by atoms with Gasteiger partial charge < -0.3 is 19.7 Å². The van der Waals surface area contributed by atoms with E-state index in [0.29, 0.717) is 19.6 Å². The first-order valence-corrected chi connectivity index (χ1v) is 10.3. The first kappa shape index (κ1) is 20.2. The molecular weight excluding hydrogens is 380 g/mol. The fraction of sp³-hybridized carbons (Fsp3) is 0.400. The van der Waals surface area contributed by atoms with Gasteiger partial charge in [-0.25, -0.2) is 0 Å². The molecule has 2 atom stereocenters. The predicted octanol–water partition coefficient (Wildman–Crippen LogP) is 2.13. The van der Waals surface area contributed by atoms with Gasteiger partial charge in [0, 0.05) is 36.9 Å². The highest BCUT2D eigenvalue weighted by atomic mass is 32.2. The quantitative estimate of drug-likeness (QED) is 0.712. The number of anilines is 1. The van der Waals surface area contributed by atoms with E-state index < -0.39 is 33.6 Å². The molecule has 1 aromatic heterocycles. The number of carboxylic acids is 1. The molecule has 2 N–H and O–H groups in total. The minimum Gasteiger partial charge on any atom is -0.481 e. The Bertz CT molecular complexity index is 943. The summed E-state index contributed by atoms with van der Waals surface area (Å²) in [5, 5.41) is 14.1. The highest BCUT2D eigenvalue weighted by Gasteiger charge is 2.49. The van der Waals surface area contributed by atoms with Gasteiger partial charge in [0.05, 0.1) is 11.6 Å². The summed E-state index contributed by atoms with van der Waals surface area (Å²) in [6.45, 7) is 5.11. The smallest absolute Gasteiger partial charge is 0.316 e. The van der Waals surface area contributed by atoms with E-state index in [1.807, 2.05) is 36.4 Å². The third-order valence-corrected chi connectivity index (χ3v) is 5.99. The molecule has 2 aromatic rings. The van der Waals surface area contributed by atoms with Crippen LogP contribution in [0, 0.1) is 11.3 Å². The third kappa shape index (κ3) is 3.83. The number of rotatable bonds is 6. The number of hydrogen-bond donors (Lipinski definition) is 2. The molecule has 1 fully saturated rings. The van der Waals surface area contributed by atoms with Crippen LogP contribution in [0.5, 0.6) is 0 Å². The van der Waals surface area contributed by atoms with E-state index in [0.717, 1.165) is 22.4 Å². The van der Waals surface area contributed by atoms with Crippen LogP contribution >= 0.6 is 0 Å². The van der Waals surface area contributed by atoms with Crippen LogP contribution in [0.2, 0.25) is 0 Å². The molecular formula is C20H24N2O5S. The van der Waals surface area contributed by atoms with Crippen molar-refractivity contribution in [2.45, 2.75) is 19.9 Å². The molecule has 8 heteroatoms. The van der Waals surface area contributed by atoms with Crippen molar-refractivity contribution in [2.24, 2.45) is 11.3 Å². The zero-order valence-corrected chi connectivity index (χ0v) is 16.6. The largest absolute Gasteiger partial charge is 0.481 e. The van der Waals surface area contributed by atoms with Crippen LogP contribution in [-0.4, -0.2) is 50.5 Å². The van der Waals surface area contributed by atoms with Crippen LogP contribution in [-0.2, 0) is 15.1 Å². The van der Waals surface area contributed by atoms with Crippen molar-refractivity contribution in [1.82, 2.24) is 5.32 Å². The lowest BCUT2D eigenvalue weighted by Crippen LogP contribution is -2.63. The Labute approximate surface area is 165 Å². The molecule has 150 valence electrons. The molecule has 1 aliphatic heterocycles. The van der Waals surface area contributed by atoms with Crippen LogP contribution in [0.25, 0.3) is 11.3 Å². The van der Waals surface area contributed by atoms with E-state index in [2.05, 4.69) is 10.2 Å². The summed E-state index contributed by atoms with van der Waals surface area (Å²) in [6.07, 6.45) is 1.62. The maximum Gasteiger partial charge on any atom is 0.316 e. The topological polar surface area (TPSA) is 99.8 Å². The van der Waals surface area contributed by atoms with Gasteiger partial charge in [0.25, 0.3) is 0 Å². The van der Waals surface area contributed by atoms with E-state index >= 15 is 0 Å². The van der Waals surface area contributed by atoms with Crippen molar-refractivity contribution in [2.75, 3.05) is 24.5 Å².